The molecular weight excluding hydrogens is 436 g/mol. The Labute approximate surface area is 196 Å². The summed E-state index contributed by atoms with van der Waals surface area (Å²) in [4.78, 5) is 35.3. The van der Waals surface area contributed by atoms with E-state index in [1.165, 1.54) is 19.9 Å². The van der Waals surface area contributed by atoms with Crippen molar-refractivity contribution in [1.29, 1.82) is 0 Å². The van der Waals surface area contributed by atoms with Gasteiger partial charge in [-0.15, -0.1) is 0 Å². The Bertz CT molecular complexity index is 1240. The molecule has 0 heterocycles. The van der Waals surface area contributed by atoms with E-state index in [-0.39, 0.29) is 24.7 Å². The van der Waals surface area contributed by atoms with Gasteiger partial charge in [0.2, 0.25) is 0 Å². The fourth-order valence-corrected chi connectivity index (χ4v) is 4.41. The van der Waals surface area contributed by atoms with Gasteiger partial charge in [-0.05, 0) is 47.2 Å². The minimum atomic E-state index is -0.931. The van der Waals surface area contributed by atoms with Crippen LogP contribution in [0.3, 0.4) is 0 Å². The van der Waals surface area contributed by atoms with Crippen LogP contribution in [0.2, 0.25) is 0 Å². The van der Waals surface area contributed by atoms with E-state index in [4.69, 9.17) is 4.74 Å². The number of nitrogens with one attached hydrogen (secondary N) is 1. The van der Waals surface area contributed by atoms with Gasteiger partial charge in [0.25, 0.3) is 0 Å². The van der Waals surface area contributed by atoms with Crippen molar-refractivity contribution in [2.24, 2.45) is 0 Å². The van der Waals surface area contributed by atoms with Crippen LogP contribution in [0.1, 0.15) is 35.1 Å². The summed E-state index contributed by atoms with van der Waals surface area (Å²) in [7, 11) is 0. The molecule has 1 atom stereocenters. The van der Waals surface area contributed by atoms with E-state index >= 15 is 0 Å². The Balaban J connectivity index is 1.46. The first-order valence-corrected chi connectivity index (χ1v) is 10.8. The van der Waals surface area contributed by atoms with Crippen LogP contribution in [0.25, 0.3) is 11.1 Å². The van der Waals surface area contributed by atoms with Crippen molar-refractivity contribution in [3.05, 3.63) is 93.0 Å². The minimum Gasteiger partial charge on any atom is -0.502 e. The van der Waals surface area contributed by atoms with Gasteiger partial charge in [0.15, 0.2) is 11.5 Å². The standard InChI is InChI=1S/C26H24N2O6/c1-15-11-17(13-24(25(15)30)28(32)33)12-23(16(2)29)27-26(31)34-14-22-20-9-5-3-7-18(20)19-8-4-6-10-21(19)22/h3-11,13,22-23,30H,12,14H2,1-2H3,(H,27,31). The second kappa shape index (κ2) is 9.35. The number of hydrogen-bond donors (Lipinski definition) is 2. The molecule has 0 aromatic heterocycles. The number of aryl methyl sites for hydroxylation is 1. The average Bonchev–Trinajstić information content (AvgIpc) is 3.13. The molecule has 174 valence electrons. The lowest BCUT2D eigenvalue weighted by atomic mass is 9.98. The van der Waals surface area contributed by atoms with Gasteiger partial charge in [0.1, 0.15) is 6.61 Å². The number of carbonyl (C=O) groups excluding carboxylic acids is 2. The van der Waals surface area contributed by atoms with Crippen LogP contribution in [0, 0.1) is 17.0 Å². The van der Waals surface area contributed by atoms with E-state index in [1.807, 2.05) is 48.5 Å². The Hall–Kier alpha value is -4.20. The molecule has 1 aliphatic carbocycles. The zero-order chi connectivity index (χ0) is 24.4. The van der Waals surface area contributed by atoms with E-state index in [9.17, 15) is 24.8 Å². The number of aromatic hydroxyl groups is 1. The van der Waals surface area contributed by atoms with Crippen molar-refractivity contribution in [2.75, 3.05) is 6.61 Å². The SMILES string of the molecule is CC(=O)C(Cc1cc(C)c(O)c([N+](=O)[O-])c1)NC(=O)OCC1c2ccccc2-c2ccccc21. The predicted molar refractivity (Wildman–Crippen MR) is 126 cm³/mol. The lowest BCUT2D eigenvalue weighted by molar-refractivity contribution is -0.386. The third-order valence-corrected chi connectivity index (χ3v) is 6.10. The fraction of sp³-hybridized carbons (Fsp3) is 0.231. The number of Topliss-reactive ketones (excluding diaryl/α,β-unsaturated/α-hetero) is 1. The summed E-state index contributed by atoms with van der Waals surface area (Å²) in [5.41, 5.74) is 4.68. The summed E-state index contributed by atoms with van der Waals surface area (Å²) in [6, 6.07) is 17.8. The first-order chi connectivity index (χ1) is 16.3. The Morgan fingerprint density at radius 1 is 1.09 bits per heavy atom. The van der Waals surface area contributed by atoms with Crippen molar-refractivity contribution in [1.82, 2.24) is 5.32 Å². The van der Waals surface area contributed by atoms with Crippen molar-refractivity contribution in [3.63, 3.8) is 0 Å². The number of nitrogens with zero attached hydrogens (tertiary/aromatic N) is 1. The number of carbonyl (C=O) groups is 2. The number of nitro groups is 1. The maximum absolute atomic E-state index is 12.6. The van der Waals surface area contributed by atoms with Crippen LogP contribution in [-0.4, -0.2) is 34.6 Å². The first-order valence-electron chi connectivity index (χ1n) is 10.8. The molecule has 0 aliphatic heterocycles. The molecule has 34 heavy (non-hydrogen) atoms. The highest BCUT2D eigenvalue weighted by Gasteiger charge is 2.29. The zero-order valence-corrected chi connectivity index (χ0v) is 18.8. The maximum atomic E-state index is 12.6. The molecule has 1 unspecified atom stereocenters. The molecule has 1 amide bonds. The predicted octanol–water partition coefficient (Wildman–Crippen LogP) is 4.65. The van der Waals surface area contributed by atoms with Gasteiger partial charge < -0.3 is 15.2 Å². The molecule has 1 aliphatic rings. The van der Waals surface area contributed by atoms with Crippen LogP contribution >= 0.6 is 0 Å². The summed E-state index contributed by atoms with van der Waals surface area (Å²) >= 11 is 0. The fourth-order valence-electron chi connectivity index (χ4n) is 4.41. The van der Waals surface area contributed by atoms with Gasteiger partial charge >= 0.3 is 11.8 Å². The van der Waals surface area contributed by atoms with E-state index in [0.717, 1.165) is 22.3 Å². The van der Waals surface area contributed by atoms with Crippen molar-refractivity contribution >= 4 is 17.6 Å². The molecule has 4 rings (SSSR count). The van der Waals surface area contributed by atoms with Crippen molar-refractivity contribution in [3.8, 4) is 16.9 Å². The Morgan fingerprint density at radius 3 is 2.24 bits per heavy atom. The average molecular weight is 460 g/mol. The number of hydrogen-bond acceptors (Lipinski definition) is 6. The quantitative estimate of drug-likeness (QED) is 0.391. The van der Waals surface area contributed by atoms with Crippen molar-refractivity contribution in [2.45, 2.75) is 32.2 Å². The molecule has 2 N–H and O–H groups in total. The molecule has 3 aromatic carbocycles. The smallest absolute Gasteiger partial charge is 0.407 e. The lowest BCUT2D eigenvalue weighted by Crippen LogP contribution is -2.42. The second-order valence-electron chi connectivity index (χ2n) is 8.37. The van der Waals surface area contributed by atoms with Gasteiger partial charge in [-0.25, -0.2) is 4.79 Å². The number of alkyl carbamates (subject to hydrolysis) is 1. The number of phenolic OH excluding ortho intramolecular Hbond substituents is 1. The number of fused-ring (bicyclic) bond motifs is 3. The summed E-state index contributed by atoms with van der Waals surface area (Å²) < 4.78 is 5.51. The van der Waals surface area contributed by atoms with Gasteiger partial charge in [0.05, 0.1) is 11.0 Å². The van der Waals surface area contributed by atoms with E-state index in [2.05, 4.69) is 5.32 Å². The highest BCUT2D eigenvalue weighted by atomic mass is 16.6. The van der Waals surface area contributed by atoms with Crippen LogP contribution < -0.4 is 5.32 Å². The third-order valence-electron chi connectivity index (χ3n) is 6.10. The number of nitro benzene ring substituents is 1. The Morgan fingerprint density at radius 2 is 1.68 bits per heavy atom. The molecule has 0 radical (unpaired) electrons. The molecule has 8 heteroatoms. The number of benzene rings is 3. The zero-order valence-electron chi connectivity index (χ0n) is 18.8. The lowest BCUT2D eigenvalue weighted by Gasteiger charge is -2.18. The molecule has 0 fully saturated rings. The minimum absolute atomic E-state index is 0.0293. The molecule has 0 spiro atoms. The van der Waals surface area contributed by atoms with Crippen LogP contribution in [0.4, 0.5) is 10.5 Å². The topological polar surface area (TPSA) is 119 Å². The maximum Gasteiger partial charge on any atom is 0.407 e. The molecule has 0 bridgehead atoms. The summed E-state index contributed by atoms with van der Waals surface area (Å²) in [6.45, 7) is 2.97. The number of amides is 1. The van der Waals surface area contributed by atoms with Gasteiger partial charge in [-0.2, -0.15) is 0 Å². The van der Waals surface area contributed by atoms with Crippen LogP contribution in [-0.2, 0) is 16.0 Å². The number of ether oxygens (including phenoxy) is 1. The molecule has 3 aromatic rings. The van der Waals surface area contributed by atoms with Gasteiger partial charge in [-0.1, -0.05) is 54.6 Å². The number of rotatable bonds is 7. The molecule has 0 saturated heterocycles. The Kier molecular flexibility index (Phi) is 6.32. The van der Waals surface area contributed by atoms with Gasteiger partial charge in [0, 0.05) is 18.4 Å². The largest absolute Gasteiger partial charge is 0.502 e. The highest BCUT2D eigenvalue weighted by molar-refractivity contribution is 5.86. The third kappa shape index (κ3) is 4.47. The van der Waals surface area contributed by atoms with E-state index in [0.29, 0.717) is 11.1 Å². The number of phenols is 1. The van der Waals surface area contributed by atoms with Crippen LogP contribution in [0.15, 0.2) is 60.7 Å². The molecular formula is C26H24N2O6. The molecule has 8 nitrogen and oxygen atoms in total. The first kappa shape index (κ1) is 23.0. The van der Waals surface area contributed by atoms with Gasteiger partial charge in [-0.3, -0.25) is 14.9 Å². The summed E-state index contributed by atoms with van der Waals surface area (Å²) in [5, 5.41) is 23.7. The van der Waals surface area contributed by atoms with E-state index in [1.54, 1.807) is 6.07 Å². The monoisotopic (exact) mass is 460 g/mol. The van der Waals surface area contributed by atoms with Crippen molar-refractivity contribution < 1.29 is 24.4 Å². The van der Waals surface area contributed by atoms with E-state index < -0.39 is 28.5 Å². The van der Waals surface area contributed by atoms with Crippen LogP contribution in [0.5, 0.6) is 5.75 Å². The second-order valence-corrected chi connectivity index (χ2v) is 8.37. The normalized spacial score (nSPS) is 13.0. The number of ketones is 1. The summed E-state index contributed by atoms with van der Waals surface area (Å²) in [6.07, 6.45) is -0.714. The highest BCUT2D eigenvalue weighted by Crippen LogP contribution is 2.44. The summed E-state index contributed by atoms with van der Waals surface area (Å²) in [5.74, 6) is -0.851. The molecule has 0 saturated carbocycles.